The van der Waals surface area contributed by atoms with Gasteiger partial charge >= 0.3 is 0 Å². The number of hydrogen-bond acceptors (Lipinski definition) is 4. The molecule has 106 valence electrons. The van der Waals surface area contributed by atoms with Crippen molar-refractivity contribution in [3.8, 4) is 0 Å². The van der Waals surface area contributed by atoms with Crippen LogP contribution in [0.25, 0.3) is 0 Å². The first-order valence-electron chi connectivity index (χ1n) is 6.73. The molecule has 1 fully saturated rings. The number of pyridine rings is 1. The summed E-state index contributed by atoms with van der Waals surface area (Å²) in [5.74, 6) is 0.611. The fourth-order valence-electron chi connectivity index (χ4n) is 2.75. The highest BCUT2D eigenvalue weighted by Crippen LogP contribution is 2.28. The van der Waals surface area contributed by atoms with E-state index in [0.29, 0.717) is 18.6 Å². The van der Waals surface area contributed by atoms with Gasteiger partial charge in [-0.25, -0.2) is 0 Å². The third-order valence-electron chi connectivity index (χ3n) is 4.00. The number of methoxy groups -OCH3 is 1. The zero-order valence-electron chi connectivity index (χ0n) is 11.6. The van der Waals surface area contributed by atoms with Crippen LogP contribution in [0, 0.1) is 5.92 Å². The maximum absolute atomic E-state index is 5.98. The van der Waals surface area contributed by atoms with Crippen LogP contribution >= 0.6 is 15.9 Å². The second-order valence-electron chi connectivity index (χ2n) is 5.22. The molecule has 3 atom stereocenters. The molecule has 0 radical (unpaired) electrons. The fraction of sp³-hybridized carbons (Fsp3) is 0.643. The lowest BCUT2D eigenvalue weighted by molar-refractivity contribution is -0.0183. The monoisotopic (exact) mass is 327 g/mol. The summed E-state index contributed by atoms with van der Waals surface area (Å²) in [6, 6.07) is 2.32. The summed E-state index contributed by atoms with van der Waals surface area (Å²) in [7, 11) is 1.79. The minimum absolute atomic E-state index is 0.218. The van der Waals surface area contributed by atoms with E-state index in [0.717, 1.165) is 24.0 Å². The highest BCUT2D eigenvalue weighted by atomic mass is 79.9. The maximum Gasteiger partial charge on any atom is 0.0724 e. The molecule has 4 nitrogen and oxygen atoms in total. The largest absolute Gasteiger partial charge is 0.380 e. The second-order valence-corrected chi connectivity index (χ2v) is 6.14. The molecule has 0 aliphatic carbocycles. The molecule has 2 heterocycles. The lowest BCUT2D eigenvalue weighted by Crippen LogP contribution is -2.47. The Morgan fingerprint density at radius 1 is 1.58 bits per heavy atom. The summed E-state index contributed by atoms with van der Waals surface area (Å²) < 4.78 is 6.58. The van der Waals surface area contributed by atoms with Gasteiger partial charge < -0.3 is 10.5 Å². The lowest BCUT2D eigenvalue weighted by atomic mass is 9.93. The Morgan fingerprint density at radius 3 is 3.00 bits per heavy atom. The van der Waals surface area contributed by atoms with Gasteiger partial charge in [0.25, 0.3) is 0 Å². The molecule has 0 saturated carbocycles. The van der Waals surface area contributed by atoms with E-state index in [2.05, 4.69) is 38.8 Å². The minimum atomic E-state index is 0.218. The van der Waals surface area contributed by atoms with Crippen LogP contribution in [-0.2, 0) is 4.74 Å². The molecule has 0 spiro atoms. The molecule has 1 saturated heterocycles. The average molecular weight is 328 g/mol. The SMILES string of the molecule is COC1CN(C(CN)c2cncc(Br)c2)CCC1C. The van der Waals surface area contributed by atoms with Crippen LogP contribution in [0.3, 0.4) is 0 Å². The minimum Gasteiger partial charge on any atom is -0.380 e. The third-order valence-corrected chi connectivity index (χ3v) is 4.43. The fourth-order valence-corrected chi connectivity index (χ4v) is 3.14. The van der Waals surface area contributed by atoms with Crippen molar-refractivity contribution in [2.24, 2.45) is 11.7 Å². The Hall–Kier alpha value is -0.490. The van der Waals surface area contributed by atoms with Crippen LogP contribution in [0.5, 0.6) is 0 Å². The second kappa shape index (κ2) is 6.79. The first-order valence-corrected chi connectivity index (χ1v) is 7.52. The number of nitrogens with two attached hydrogens (primary N) is 1. The van der Waals surface area contributed by atoms with Gasteiger partial charge in [0.1, 0.15) is 0 Å². The first-order chi connectivity index (χ1) is 9.15. The molecule has 19 heavy (non-hydrogen) atoms. The number of rotatable bonds is 4. The topological polar surface area (TPSA) is 51.4 Å². The molecule has 1 aliphatic heterocycles. The summed E-state index contributed by atoms with van der Waals surface area (Å²) in [6.07, 6.45) is 5.15. The van der Waals surface area contributed by atoms with Gasteiger partial charge in [-0.2, -0.15) is 0 Å². The van der Waals surface area contributed by atoms with Gasteiger partial charge in [-0.05, 0) is 46.4 Å². The Morgan fingerprint density at radius 2 is 2.37 bits per heavy atom. The van der Waals surface area contributed by atoms with Crippen LogP contribution in [0.15, 0.2) is 22.9 Å². The number of halogens is 1. The van der Waals surface area contributed by atoms with Gasteiger partial charge in [0.05, 0.1) is 6.10 Å². The molecule has 2 rings (SSSR count). The van der Waals surface area contributed by atoms with Crippen LogP contribution in [0.1, 0.15) is 24.9 Å². The molecule has 2 N–H and O–H groups in total. The average Bonchev–Trinajstić information content (AvgIpc) is 2.41. The number of piperidine rings is 1. The van der Waals surface area contributed by atoms with Crippen molar-refractivity contribution in [3.63, 3.8) is 0 Å². The van der Waals surface area contributed by atoms with Crippen molar-refractivity contribution in [3.05, 3.63) is 28.5 Å². The van der Waals surface area contributed by atoms with Gasteiger partial charge in [-0.15, -0.1) is 0 Å². The van der Waals surface area contributed by atoms with Gasteiger partial charge in [-0.3, -0.25) is 9.88 Å². The van der Waals surface area contributed by atoms with Crippen molar-refractivity contribution in [1.82, 2.24) is 9.88 Å². The highest BCUT2D eigenvalue weighted by molar-refractivity contribution is 9.10. The number of ether oxygens (including phenoxy) is 1. The molecular formula is C14H22BrN3O. The first kappa shape index (κ1) is 14.9. The highest BCUT2D eigenvalue weighted by Gasteiger charge is 2.30. The number of aromatic nitrogens is 1. The quantitative estimate of drug-likeness (QED) is 0.921. The molecule has 0 amide bonds. The van der Waals surface area contributed by atoms with Crippen molar-refractivity contribution in [1.29, 1.82) is 0 Å². The van der Waals surface area contributed by atoms with Crippen molar-refractivity contribution in [2.45, 2.75) is 25.5 Å². The predicted octanol–water partition coefficient (Wildman–Crippen LogP) is 2.20. The lowest BCUT2D eigenvalue weighted by Gasteiger charge is -2.40. The Bertz CT molecular complexity index is 415. The summed E-state index contributed by atoms with van der Waals surface area (Å²) in [5, 5.41) is 0. The normalized spacial score (nSPS) is 26.3. The van der Waals surface area contributed by atoms with Gasteiger partial charge in [0.2, 0.25) is 0 Å². The molecular weight excluding hydrogens is 306 g/mol. The predicted molar refractivity (Wildman–Crippen MR) is 79.9 cm³/mol. The number of hydrogen-bond donors (Lipinski definition) is 1. The zero-order chi connectivity index (χ0) is 13.8. The van der Waals surface area contributed by atoms with Gasteiger partial charge in [0, 0.05) is 43.1 Å². The Kier molecular flexibility index (Phi) is 5.33. The summed E-state index contributed by atoms with van der Waals surface area (Å²) in [6.45, 7) is 4.86. The smallest absolute Gasteiger partial charge is 0.0724 e. The van der Waals surface area contributed by atoms with Crippen LogP contribution in [0.4, 0.5) is 0 Å². The van der Waals surface area contributed by atoms with E-state index in [1.54, 1.807) is 13.3 Å². The van der Waals surface area contributed by atoms with Crippen molar-refractivity contribution >= 4 is 15.9 Å². The van der Waals surface area contributed by atoms with E-state index in [1.165, 1.54) is 5.56 Å². The zero-order valence-corrected chi connectivity index (χ0v) is 13.1. The van der Waals surface area contributed by atoms with Crippen LogP contribution in [-0.4, -0.2) is 42.7 Å². The van der Waals surface area contributed by atoms with Crippen LogP contribution in [0.2, 0.25) is 0 Å². The van der Waals surface area contributed by atoms with Crippen molar-refractivity contribution in [2.75, 3.05) is 26.7 Å². The molecule has 0 aromatic carbocycles. The molecule has 5 heteroatoms. The molecule has 1 aromatic heterocycles. The van der Waals surface area contributed by atoms with Gasteiger partial charge in [0.15, 0.2) is 0 Å². The third kappa shape index (κ3) is 3.54. The standard InChI is InChI=1S/C14H22BrN3O/c1-10-3-4-18(9-14(10)19-2)13(6-16)11-5-12(15)8-17-7-11/h5,7-8,10,13-14H,3-4,6,9,16H2,1-2H3. The summed E-state index contributed by atoms with van der Waals surface area (Å²) in [5.41, 5.74) is 7.15. The van der Waals surface area contributed by atoms with E-state index in [9.17, 15) is 0 Å². The Balaban J connectivity index is 2.14. The van der Waals surface area contributed by atoms with Crippen molar-refractivity contribution < 1.29 is 4.74 Å². The summed E-state index contributed by atoms with van der Waals surface area (Å²) >= 11 is 3.47. The molecule has 1 aromatic rings. The van der Waals surface area contributed by atoms with E-state index in [4.69, 9.17) is 10.5 Å². The molecule has 3 unspecified atom stereocenters. The van der Waals surface area contributed by atoms with Crippen LogP contribution < -0.4 is 5.73 Å². The molecule has 0 bridgehead atoms. The maximum atomic E-state index is 5.98. The van der Waals surface area contributed by atoms with E-state index in [-0.39, 0.29) is 6.04 Å². The summed E-state index contributed by atoms with van der Waals surface area (Å²) in [4.78, 5) is 6.66. The number of nitrogens with zero attached hydrogens (tertiary/aromatic N) is 2. The number of likely N-dealkylation sites (tertiary alicyclic amines) is 1. The van der Waals surface area contributed by atoms with E-state index >= 15 is 0 Å². The molecule has 1 aliphatic rings. The van der Waals surface area contributed by atoms with Gasteiger partial charge in [-0.1, -0.05) is 6.92 Å². The van der Waals surface area contributed by atoms with E-state index < -0.39 is 0 Å². The Labute approximate surface area is 123 Å². The van der Waals surface area contributed by atoms with E-state index in [1.807, 2.05) is 6.20 Å².